The number of hydrogen-bond donors (Lipinski definition) is 1. The average Bonchev–Trinajstić information content (AvgIpc) is 3.52. The van der Waals surface area contributed by atoms with Crippen molar-refractivity contribution in [1.29, 1.82) is 0 Å². The summed E-state index contributed by atoms with van der Waals surface area (Å²) >= 11 is 0. The van der Waals surface area contributed by atoms with Gasteiger partial charge < -0.3 is 14.5 Å². The zero-order valence-electron chi connectivity index (χ0n) is 16.7. The van der Waals surface area contributed by atoms with Crippen LogP contribution in [-0.4, -0.2) is 19.1 Å². The maximum atomic E-state index is 4.92. The van der Waals surface area contributed by atoms with E-state index in [0.29, 0.717) is 0 Å². The highest BCUT2D eigenvalue weighted by Crippen LogP contribution is 2.28. The number of nitrogens with one attached hydrogen (secondary N) is 1. The maximum Gasteiger partial charge on any atom is 0.146 e. The summed E-state index contributed by atoms with van der Waals surface area (Å²) in [6.45, 7) is 0. The van der Waals surface area contributed by atoms with Gasteiger partial charge in [0.2, 0.25) is 0 Å². The van der Waals surface area contributed by atoms with Gasteiger partial charge >= 0.3 is 0 Å². The second kappa shape index (κ2) is 7.15. The van der Waals surface area contributed by atoms with E-state index in [2.05, 4.69) is 41.7 Å². The lowest BCUT2D eigenvalue weighted by Crippen LogP contribution is -2.04. The first-order valence-corrected chi connectivity index (χ1v) is 10.2. The van der Waals surface area contributed by atoms with Crippen LogP contribution in [0.4, 0.5) is 11.6 Å². The highest BCUT2D eigenvalue weighted by atomic mass is 15.1. The second-order valence-corrected chi connectivity index (χ2v) is 7.41. The molecule has 0 saturated carbocycles. The molecule has 0 amide bonds. The molecular weight excluding hydrogens is 382 g/mol. The molecular formula is C26H19N5. The number of anilines is 2. The second-order valence-electron chi connectivity index (χ2n) is 7.41. The summed E-state index contributed by atoms with van der Waals surface area (Å²) in [6.07, 6.45) is 8.04. The molecule has 6 rings (SSSR count). The molecule has 0 unspecified atom stereocenters. The molecule has 0 radical (unpaired) electrons. The summed E-state index contributed by atoms with van der Waals surface area (Å²) in [5.74, 6) is 3.28. The predicted octanol–water partition coefficient (Wildman–Crippen LogP) is 6.11. The van der Waals surface area contributed by atoms with Gasteiger partial charge in [0.15, 0.2) is 0 Å². The van der Waals surface area contributed by atoms with Crippen LogP contribution in [0.1, 0.15) is 0 Å². The number of rotatable bonds is 4. The van der Waals surface area contributed by atoms with Gasteiger partial charge in [-0.3, -0.25) is 0 Å². The third kappa shape index (κ3) is 3.13. The zero-order chi connectivity index (χ0) is 20.6. The van der Waals surface area contributed by atoms with Gasteiger partial charge in [-0.2, -0.15) is 0 Å². The third-order valence-corrected chi connectivity index (χ3v) is 5.39. The Hall–Kier alpha value is -4.38. The molecule has 0 aliphatic rings. The van der Waals surface area contributed by atoms with Crippen LogP contribution >= 0.6 is 0 Å². The molecule has 5 nitrogen and oxygen atoms in total. The van der Waals surface area contributed by atoms with E-state index in [9.17, 15) is 0 Å². The van der Waals surface area contributed by atoms with Crippen LogP contribution in [-0.2, 0) is 0 Å². The standard InChI is InChI=1S/C26H19N5/c1-3-11-21-19(9-1)17-23(28-25(21)30-13-5-6-14-30)27-24-18-20-10-2-4-12-22(20)26(29-24)31-15-7-8-16-31/h1-18H,(H,27,28,29). The number of pyridine rings is 2. The van der Waals surface area contributed by atoms with Crippen molar-refractivity contribution in [3.05, 3.63) is 110 Å². The van der Waals surface area contributed by atoms with Crippen LogP contribution in [0.15, 0.2) is 110 Å². The minimum Gasteiger partial charge on any atom is -0.325 e. The fraction of sp³-hybridized carbons (Fsp3) is 0. The molecule has 148 valence electrons. The molecule has 0 aliphatic carbocycles. The lowest BCUT2D eigenvalue weighted by molar-refractivity contribution is 1.02. The van der Waals surface area contributed by atoms with Gasteiger partial charge in [-0.15, -0.1) is 0 Å². The molecule has 0 saturated heterocycles. The Kier molecular flexibility index (Phi) is 4.03. The van der Waals surface area contributed by atoms with Gasteiger partial charge in [-0.1, -0.05) is 48.5 Å². The lowest BCUT2D eigenvalue weighted by atomic mass is 10.1. The Labute approximate surface area is 179 Å². The molecule has 0 bridgehead atoms. The van der Waals surface area contributed by atoms with Gasteiger partial charge in [-0.05, 0) is 47.2 Å². The van der Waals surface area contributed by atoms with Crippen LogP contribution in [0.25, 0.3) is 33.2 Å². The molecule has 2 aromatic carbocycles. The van der Waals surface area contributed by atoms with E-state index in [0.717, 1.165) is 44.8 Å². The quantitative estimate of drug-likeness (QED) is 0.388. The summed E-state index contributed by atoms with van der Waals surface area (Å²) in [4.78, 5) is 9.83. The van der Waals surface area contributed by atoms with Crippen LogP contribution in [0, 0.1) is 0 Å². The van der Waals surface area contributed by atoms with Crippen molar-refractivity contribution in [2.24, 2.45) is 0 Å². The summed E-state index contributed by atoms with van der Waals surface area (Å²) in [7, 11) is 0. The maximum absolute atomic E-state index is 4.92. The van der Waals surface area contributed by atoms with E-state index in [1.807, 2.05) is 82.5 Å². The lowest BCUT2D eigenvalue weighted by Gasteiger charge is -2.14. The topological polar surface area (TPSA) is 47.7 Å². The van der Waals surface area contributed by atoms with Crippen molar-refractivity contribution < 1.29 is 0 Å². The fourth-order valence-corrected chi connectivity index (χ4v) is 3.97. The highest BCUT2D eigenvalue weighted by Gasteiger charge is 2.11. The van der Waals surface area contributed by atoms with Crippen LogP contribution < -0.4 is 5.32 Å². The van der Waals surface area contributed by atoms with Gasteiger partial charge in [0, 0.05) is 35.6 Å². The number of aromatic nitrogens is 4. The van der Waals surface area contributed by atoms with Crippen molar-refractivity contribution in [2.45, 2.75) is 0 Å². The van der Waals surface area contributed by atoms with E-state index >= 15 is 0 Å². The van der Waals surface area contributed by atoms with E-state index < -0.39 is 0 Å². The molecule has 0 atom stereocenters. The number of fused-ring (bicyclic) bond motifs is 2. The molecule has 4 heterocycles. The Bertz CT molecular complexity index is 1380. The molecule has 0 aliphatic heterocycles. The molecule has 4 aromatic heterocycles. The Balaban J connectivity index is 1.50. The first-order chi connectivity index (χ1) is 15.3. The first kappa shape index (κ1) is 17.5. The molecule has 6 aromatic rings. The Morgan fingerprint density at radius 3 is 1.39 bits per heavy atom. The van der Waals surface area contributed by atoms with Crippen LogP contribution in [0.5, 0.6) is 0 Å². The van der Waals surface area contributed by atoms with Gasteiger partial charge in [-0.25, -0.2) is 9.97 Å². The van der Waals surface area contributed by atoms with Gasteiger partial charge in [0.1, 0.15) is 23.3 Å². The largest absolute Gasteiger partial charge is 0.325 e. The Morgan fingerprint density at radius 1 is 0.516 bits per heavy atom. The number of benzene rings is 2. The van der Waals surface area contributed by atoms with Crippen LogP contribution in [0.2, 0.25) is 0 Å². The first-order valence-electron chi connectivity index (χ1n) is 10.2. The minimum atomic E-state index is 0.753. The van der Waals surface area contributed by atoms with Gasteiger partial charge in [0.05, 0.1) is 0 Å². The highest BCUT2D eigenvalue weighted by molar-refractivity contribution is 5.93. The van der Waals surface area contributed by atoms with Gasteiger partial charge in [0.25, 0.3) is 0 Å². The van der Waals surface area contributed by atoms with Crippen LogP contribution in [0.3, 0.4) is 0 Å². The normalized spacial score (nSPS) is 11.2. The fourth-order valence-electron chi connectivity index (χ4n) is 3.97. The van der Waals surface area contributed by atoms with E-state index in [4.69, 9.17) is 9.97 Å². The van der Waals surface area contributed by atoms with Crippen molar-refractivity contribution in [1.82, 2.24) is 19.1 Å². The summed E-state index contributed by atoms with van der Waals surface area (Å²) in [6, 6.07) is 28.7. The molecule has 5 heteroatoms. The molecule has 31 heavy (non-hydrogen) atoms. The SMILES string of the molecule is c1ccc2c(-n3cccc3)nc(Nc3cc4ccccc4c(-n4cccc4)n3)cc2c1. The van der Waals surface area contributed by atoms with E-state index in [1.165, 1.54) is 0 Å². The summed E-state index contributed by atoms with van der Waals surface area (Å²) in [5.41, 5.74) is 0. The monoisotopic (exact) mass is 401 g/mol. The summed E-state index contributed by atoms with van der Waals surface area (Å²) in [5, 5.41) is 7.89. The van der Waals surface area contributed by atoms with Crippen molar-refractivity contribution >= 4 is 33.2 Å². The number of nitrogens with zero attached hydrogens (tertiary/aromatic N) is 4. The molecule has 0 fully saturated rings. The molecule has 0 spiro atoms. The van der Waals surface area contributed by atoms with Crippen molar-refractivity contribution in [3.63, 3.8) is 0 Å². The molecule has 1 N–H and O–H groups in total. The predicted molar refractivity (Wildman–Crippen MR) is 125 cm³/mol. The number of hydrogen-bond acceptors (Lipinski definition) is 3. The smallest absolute Gasteiger partial charge is 0.146 e. The van der Waals surface area contributed by atoms with E-state index in [1.54, 1.807) is 0 Å². The van der Waals surface area contributed by atoms with Crippen molar-refractivity contribution in [2.75, 3.05) is 5.32 Å². The third-order valence-electron chi connectivity index (χ3n) is 5.39. The Morgan fingerprint density at radius 2 is 0.935 bits per heavy atom. The van der Waals surface area contributed by atoms with Crippen molar-refractivity contribution in [3.8, 4) is 11.6 Å². The van der Waals surface area contributed by atoms with E-state index in [-0.39, 0.29) is 0 Å². The minimum absolute atomic E-state index is 0.753. The average molecular weight is 401 g/mol. The summed E-state index contributed by atoms with van der Waals surface area (Å²) < 4.78 is 4.07. The zero-order valence-corrected chi connectivity index (χ0v) is 16.7.